The summed E-state index contributed by atoms with van der Waals surface area (Å²) in [5, 5.41) is 0. The molecule has 0 unspecified atom stereocenters. The topological polar surface area (TPSA) is 47.1 Å². The fraction of sp³-hybridized carbons (Fsp3) is 0.550. The Balaban J connectivity index is 1.61. The Morgan fingerprint density at radius 1 is 1.25 bits per heavy atom. The molecule has 1 aliphatic heterocycles. The molecule has 0 saturated carbocycles. The molecule has 4 nitrogen and oxygen atoms in total. The van der Waals surface area contributed by atoms with Gasteiger partial charge in [-0.05, 0) is 56.8 Å². The second-order valence-electron chi connectivity index (χ2n) is 6.94. The summed E-state index contributed by atoms with van der Waals surface area (Å²) in [6, 6.07) is 9.63. The molecule has 0 amide bonds. The van der Waals surface area contributed by atoms with Gasteiger partial charge in [0, 0.05) is 31.5 Å². The zero-order valence-electron chi connectivity index (χ0n) is 14.8. The Hall–Kier alpha value is -1.65. The second-order valence-corrected chi connectivity index (χ2v) is 6.94. The molecule has 130 valence electrons. The number of aryl methyl sites for hydroxylation is 2. The van der Waals surface area contributed by atoms with Gasteiger partial charge in [-0.3, -0.25) is 4.90 Å². The van der Waals surface area contributed by atoms with Crippen LogP contribution in [0.2, 0.25) is 0 Å². The number of likely N-dealkylation sites (tertiary alicyclic amines) is 1. The number of rotatable bonds is 7. The third-order valence-electron chi connectivity index (χ3n) is 5.19. The number of hydrogen-bond donors (Lipinski definition) is 1. The van der Waals surface area contributed by atoms with E-state index in [9.17, 15) is 0 Å². The van der Waals surface area contributed by atoms with Crippen molar-refractivity contribution in [3.8, 4) is 0 Å². The van der Waals surface area contributed by atoms with Gasteiger partial charge in [0.2, 0.25) is 0 Å². The van der Waals surface area contributed by atoms with Crippen molar-refractivity contribution in [3.63, 3.8) is 0 Å². The van der Waals surface area contributed by atoms with Crippen LogP contribution >= 0.6 is 0 Å². The Bertz CT molecular complexity index is 634. The molecule has 1 fully saturated rings. The molecule has 0 radical (unpaired) electrons. The summed E-state index contributed by atoms with van der Waals surface area (Å²) in [5.74, 6) is 1.12. The predicted molar refractivity (Wildman–Crippen MR) is 98.8 cm³/mol. The lowest BCUT2D eigenvalue weighted by Gasteiger charge is -2.36. The van der Waals surface area contributed by atoms with Crippen LogP contribution in [0, 0.1) is 6.92 Å². The van der Waals surface area contributed by atoms with Crippen molar-refractivity contribution in [1.29, 1.82) is 0 Å². The van der Waals surface area contributed by atoms with Gasteiger partial charge in [0.25, 0.3) is 0 Å². The first kappa shape index (κ1) is 17.2. The van der Waals surface area contributed by atoms with Crippen LogP contribution < -0.4 is 5.73 Å². The molecule has 2 aromatic rings. The first-order chi connectivity index (χ1) is 11.8. The van der Waals surface area contributed by atoms with Crippen molar-refractivity contribution in [3.05, 3.63) is 53.6 Å². The van der Waals surface area contributed by atoms with E-state index in [1.165, 1.54) is 43.4 Å². The zero-order valence-corrected chi connectivity index (χ0v) is 14.8. The maximum Gasteiger partial charge on any atom is 0.105 e. The van der Waals surface area contributed by atoms with E-state index in [4.69, 9.17) is 5.73 Å². The lowest BCUT2D eigenvalue weighted by Crippen LogP contribution is -2.39. The summed E-state index contributed by atoms with van der Waals surface area (Å²) in [6.45, 7) is 6.16. The number of nitrogens with two attached hydrogens (primary N) is 1. The van der Waals surface area contributed by atoms with E-state index in [2.05, 4.69) is 51.8 Å². The normalized spacial score (nSPS) is 18.8. The highest BCUT2D eigenvalue weighted by atomic mass is 15.2. The van der Waals surface area contributed by atoms with E-state index >= 15 is 0 Å². The van der Waals surface area contributed by atoms with E-state index in [0.29, 0.717) is 6.04 Å². The minimum atomic E-state index is 0.679. The van der Waals surface area contributed by atoms with Crippen molar-refractivity contribution in [2.24, 2.45) is 5.73 Å². The fourth-order valence-corrected chi connectivity index (χ4v) is 3.81. The highest BCUT2D eigenvalue weighted by Crippen LogP contribution is 2.23. The van der Waals surface area contributed by atoms with E-state index in [1.54, 1.807) is 0 Å². The maximum absolute atomic E-state index is 5.70. The second kappa shape index (κ2) is 8.45. The average molecular weight is 326 g/mol. The number of benzene rings is 1. The minimum Gasteiger partial charge on any atom is -0.335 e. The molecule has 0 bridgehead atoms. The summed E-state index contributed by atoms with van der Waals surface area (Å²) in [4.78, 5) is 7.01. The smallest absolute Gasteiger partial charge is 0.105 e. The number of nitrogens with zero attached hydrogens (tertiary/aromatic N) is 3. The van der Waals surface area contributed by atoms with E-state index in [0.717, 1.165) is 31.9 Å². The van der Waals surface area contributed by atoms with Crippen LogP contribution in [0.1, 0.15) is 42.6 Å². The molecule has 1 aromatic heterocycles. The third kappa shape index (κ3) is 4.46. The lowest BCUT2D eigenvalue weighted by molar-refractivity contribution is 0.128. The SMILES string of the molecule is Cc1nccn1CC[C@H]1CCCCN1Cc1cccc(CCN)c1. The molecular weight excluding hydrogens is 296 g/mol. The summed E-state index contributed by atoms with van der Waals surface area (Å²) < 4.78 is 2.27. The Kier molecular flexibility index (Phi) is 6.05. The average Bonchev–Trinajstić information content (AvgIpc) is 3.00. The molecule has 3 rings (SSSR count). The van der Waals surface area contributed by atoms with Gasteiger partial charge in [0.1, 0.15) is 5.82 Å². The standard InChI is InChI=1S/C20H30N4/c1-17-22-11-14-23(17)13-9-20-7-2-3-12-24(20)16-19-6-4-5-18(15-19)8-10-21/h4-6,11,14-15,20H,2-3,7-10,12-13,16,21H2,1H3/t20-/m1/s1. The Morgan fingerprint density at radius 3 is 2.92 bits per heavy atom. The number of aromatic nitrogens is 2. The van der Waals surface area contributed by atoms with Crippen molar-refractivity contribution < 1.29 is 0 Å². The van der Waals surface area contributed by atoms with Gasteiger partial charge >= 0.3 is 0 Å². The highest BCUT2D eigenvalue weighted by Gasteiger charge is 2.22. The molecule has 4 heteroatoms. The largest absolute Gasteiger partial charge is 0.335 e. The molecule has 1 aromatic carbocycles. The van der Waals surface area contributed by atoms with Gasteiger partial charge in [-0.2, -0.15) is 0 Å². The van der Waals surface area contributed by atoms with Gasteiger partial charge in [0.05, 0.1) is 0 Å². The molecule has 1 aliphatic rings. The van der Waals surface area contributed by atoms with Crippen molar-refractivity contribution in [2.75, 3.05) is 13.1 Å². The molecule has 24 heavy (non-hydrogen) atoms. The van der Waals surface area contributed by atoms with Crippen molar-refractivity contribution in [2.45, 2.75) is 58.2 Å². The van der Waals surface area contributed by atoms with Crippen molar-refractivity contribution in [1.82, 2.24) is 14.5 Å². The summed E-state index contributed by atoms with van der Waals surface area (Å²) >= 11 is 0. The van der Waals surface area contributed by atoms with Crippen molar-refractivity contribution >= 4 is 0 Å². The maximum atomic E-state index is 5.70. The van der Waals surface area contributed by atoms with E-state index < -0.39 is 0 Å². The third-order valence-corrected chi connectivity index (χ3v) is 5.19. The highest BCUT2D eigenvalue weighted by molar-refractivity contribution is 5.23. The van der Waals surface area contributed by atoms with Gasteiger partial charge in [-0.15, -0.1) is 0 Å². The number of piperidine rings is 1. The van der Waals surface area contributed by atoms with Gasteiger partial charge < -0.3 is 10.3 Å². The summed E-state index contributed by atoms with van der Waals surface area (Å²) in [7, 11) is 0. The Labute approximate surface area is 145 Å². The zero-order chi connectivity index (χ0) is 16.8. The molecule has 1 atom stereocenters. The lowest BCUT2D eigenvalue weighted by atomic mass is 9.98. The predicted octanol–water partition coefficient (Wildman–Crippen LogP) is 3.14. The minimum absolute atomic E-state index is 0.679. The van der Waals surface area contributed by atoms with E-state index in [1.807, 2.05) is 6.20 Å². The molecule has 1 saturated heterocycles. The first-order valence-electron chi connectivity index (χ1n) is 9.26. The van der Waals surface area contributed by atoms with E-state index in [-0.39, 0.29) is 0 Å². The summed E-state index contributed by atoms with van der Waals surface area (Å²) in [5.41, 5.74) is 8.48. The quantitative estimate of drug-likeness (QED) is 0.850. The van der Waals surface area contributed by atoms with Crippen LogP contribution in [0.5, 0.6) is 0 Å². The molecule has 0 aliphatic carbocycles. The monoisotopic (exact) mass is 326 g/mol. The fourth-order valence-electron chi connectivity index (χ4n) is 3.81. The van der Waals surface area contributed by atoms with Crippen LogP contribution in [-0.4, -0.2) is 33.6 Å². The van der Waals surface area contributed by atoms with Crippen LogP contribution in [0.4, 0.5) is 0 Å². The molecule has 2 N–H and O–H groups in total. The van der Waals surface area contributed by atoms with Crippen LogP contribution in [-0.2, 0) is 19.5 Å². The molecule has 2 heterocycles. The van der Waals surface area contributed by atoms with Gasteiger partial charge in [-0.1, -0.05) is 30.7 Å². The molecule has 0 spiro atoms. The molecular formula is C20H30N4. The number of imidazole rings is 1. The first-order valence-corrected chi connectivity index (χ1v) is 9.26. The van der Waals surface area contributed by atoms with Gasteiger partial charge in [-0.25, -0.2) is 4.98 Å². The summed E-state index contributed by atoms with van der Waals surface area (Å²) in [6.07, 6.45) is 10.2. The van der Waals surface area contributed by atoms with Crippen LogP contribution in [0.25, 0.3) is 0 Å². The Morgan fingerprint density at radius 2 is 2.12 bits per heavy atom. The van der Waals surface area contributed by atoms with Gasteiger partial charge in [0.15, 0.2) is 0 Å². The van der Waals surface area contributed by atoms with Crippen LogP contribution in [0.3, 0.4) is 0 Å². The van der Waals surface area contributed by atoms with Crippen LogP contribution in [0.15, 0.2) is 36.7 Å². The number of hydrogen-bond acceptors (Lipinski definition) is 3.